The van der Waals surface area contributed by atoms with Gasteiger partial charge in [0.15, 0.2) is 0 Å². The highest BCUT2D eigenvalue weighted by Crippen LogP contribution is 2.36. The molecule has 0 radical (unpaired) electrons. The maximum Gasteiger partial charge on any atom is 0.414 e. The Balaban J connectivity index is 0.000000353. The molecule has 1 saturated carbocycles. The van der Waals surface area contributed by atoms with Gasteiger partial charge in [-0.15, -0.1) is 0 Å². The zero-order valence-electron chi connectivity index (χ0n) is 16.6. The molecule has 0 saturated heterocycles. The highest BCUT2D eigenvalue weighted by Gasteiger charge is 2.26. The van der Waals surface area contributed by atoms with Crippen molar-refractivity contribution in [2.45, 2.75) is 76.7 Å². The van der Waals surface area contributed by atoms with Crippen molar-refractivity contribution in [1.29, 1.82) is 0 Å². The fourth-order valence-corrected chi connectivity index (χ4v) is 4.46. The number of amides is 1. The SMILES string of the molecule is O=C(CNC1CCCCC1)Nc1c2c(nc3c1CCC3)CCC2.O=C(O)C(=O)O. The number of anilines is 1. The average Bonchev–Trinajstić information content (AvgIpc) is 3.36. The van der Waals surface area contributed by atoms with E-state index in [1.807, 2.05) is 0 Å². The Hall–Kier alpha value is -2.48. The Morgan fingerprint density at radius 3 is 1.90 bits per heavy atom. The third kappa shape index (κ3) is 5.53. The lowest BCUT2D eigenvalue weighted by Crippen LogP contribution is -2.37. The van der Waals surface area contributed by atoms with Crippen molar-refractivity contribution >= 4 is 23.5 Å². The van der Waals surface area contributed by atoms with Crippen LogP contribution in [0.4, 0.5) is 5.69 Å². The Morgan fingerprint density at radius 1 is 0.828 bits per heavy atom. The zero-order valence-corrected chi connectivity index (χ0v) is 16.6. The number of hydrogen-bond donors (Lipinski definition) is 4. The van der Waals surface area contributed by atoms with Crippen LogP contribution in [0.5, 0.6) is 0 Å². The van der Waals surface area contributed by atoms with Crippen LogP contribution >= 0.6 is 0 Å². The Labute approximate surface area is 170 Å². The molecule has 8 nitrogen and oxygen atoms in total. The van der Waals surface area contributed by atoms with E-state index in [-0.39, 0.29) is 5.91 Å². The Morgan fingerprint density at radius 2 is 1.38 bits per heavy atom. The summed E-state index contributed by atoms with van der Waals surface area (Å²) >= 11 is 0. The van der Waals surface area contributed by atoms with Gasteiger partial charge in [-0.25, -0.2) is 9.59 Å². The third-order valence-corrected chi connectivity index (χ3v) is 5.85. The van der Waals surface area contributed by atoms with Crippen molar-refractivity contribution < 1.29 is 24.6 Å². The van der Waals surface area contributed by atoms with Gasteiger partial charge in [0.2, 0.25) is 5.91 Å². The first-order valence-electron chi connectivity index (χ1n) is 10.5. The summed E-state index contributed by atoms with van der Waals surface area (Å²) in [4.78, 5) is 35.5. The summed E-state index contributed by atoms with van der Waals surface area (Å²) in [5, 5.41) is 21.5. The van der Waals surface area contributed by atoms with Crippen LogP contribution < -0.4 is 10.6 Å². The van der Waals surface area contributed by atoms with E-state index in [0.717, 1.165) is 31.4 Å². The van der Waals surface area contributed by atoms with E-state index in [1.165, 1.54) is 67.5 Å². The molecule has 0 spiro atoms. The summed E-state index contributed by atoms with van der Waals surface area (Å²) in [7, 11) is 0. The van der Waals surface area contributed by atoms with Gasteiger partial charge < -0.3 is 20.8 Å². The van der Waals surface area contributed by atoms with Crippen LogP contribution in [-0.4, -0.2) is 45.6 Å². The van der Waals surface area contributed by atoms with Gasteiger partial charge in [-0.1, -0.05) is 19.3 Å². The number of nitrogens with one attached hydrogen (secondary N) is 2. The summed E-state index contributed by atoms with van der Waals surface area (Å²) in [6.07, 6.45) is 13.0. The quantitative estimate of drug-likeness (QED) is 0.567. The maximum atomic E-state index is 12.5. The van der Waals surface area contributed by atoms with Crippen LogP contribution in [-0.2, 0) is 40.1 Å². The van der Waals surface area contributed by atoms with Gasteiger partial charge in [-0.2, -0.15) is 0 Å². The minimum atomic E-state index is -1.82. The molecule has 0 aliphatic heterocycles. The smallest absolute Gasteiger partial charge is 0.414 e. The van der Waals surface area contributed by atoms with Crippen LogP contribution in [0.2, 0.25) is 0 Å². The number of aromatic nitrogens is 1. The average molecular weight is 403 g/mol. The van der Waals surface area contributed by atoms with Gasteiger partial charge in [-0.05, 0) is 62.5 Å². The number of fused-ring (bicyclic) bond motifs is 2. The highest BCUT2D eigenvalue weighted by molar-refractivity contribution is 6.27. The van der Waals surface area contributed by atoms with E-state index in [0.29, 0.717) is 12.6 Å². The van der Waals surface area contributed by atoms with Crippen molar-refractivity contribution in [3.8, 4) is 0 Å². The van der Waals surface area contributed by atoms with Crippen LogP contribution in [0, 0.1) is 0 Å². The molecule has 4 N–H and O–H groups in total. The normalized spacial score (nSPS) is 17.7. The molecule has 4 rings (SSSR count). The van der Waals surface area contributed by atoms with Crippen molar-refractivity contribution in [3.63, 3.8) is 0 Å². The molecule has 0 bridgehead atoms. The number of carbonyl (C=O) groups is 3. The number of carboxylic acids is 2. The third-order valence-electron chi connectivity index (χ3n) is 5.85. The number of aryl methyl sites for hydroxylation is 2. The van der Waals surface area contributed by atoms with E-state index in [1.54, 1.807) is 0 Å². The van der Waals surface area contributed by atoms with Gasteiger partial charge in [0.05, 0.1) is 12.2 Å². The molecular formula is C21H29N3O5. The Bertz CT molecular complexity index is 743. The van der Waals surface area contributed by atoms with Crippen molar-refractivity contribution in [2.75, 3.05) is 11.9 Å². The van der Waals surface area contributed by atoms with E-state index in [2.05, 4.69) is 10.6 Å². The van der Waals surface area contributed by atoms with Crippen LogP contribution in [0.25, 0.3) is 0 Å². The fraction of sp³-hybridized carbons (Fsp3) is 0.619. The summed E-state index contributed by atoms with van der Waals surface area (Å²) < 4.78 is 0. The minimum absolute atomic E-state index is 0.116. The summed E-state index contributed by atoms with van der Waals surface area (Å²) in [6.45, 7) is 0.441. The summed E-state index contributed by atoms with van der Waals surface area (Å²) in [5.74, 6) is -3.53. The van der Waals surface area contributed by atoms with Gasteiger partial charge in [0.25, 0.3) is 0 Å². The predicted molar refractivity (Wildman–Crippen MR) is 107 cm³/mol. The molecule has 158 valence electrons. The summed E-state index contributed by atoms with van der Waals surface area (Å²) in [5.41, 5.74) is 6.23. The largest absolute Gasteiger partial charge is 0.473 e. The second kappa shape index (κ2) is 9.82. The number of rotatable bonds is 4. The first kappa shape index (κ1) is 21.2. The number of nitrogens with zero attached hydrogens (tertiary/aromatic N) is 1. The summed E-state index contributed by atoms with van der Waals surface area (Å²) in [6, 6.07) is 0.531. The highest BCUT2D eigenvalue weighted by atomic mass is 16.4. The molecule has 1 aromatic heterocycles. The maximum absolute atomic E-state index is 12.5. The molecule has 1 heterocycles. The van der Waals surface area contributed by atoms with Gasteiger partial charge in [0.1, 0.15) is 0 Å². The first-order valence-corrected chi connectivity index (χ1v) is 10.5. The standard InChI is InChI=1S/C19H27N3O.C2H2O4/c23-18(12-20-13-6-2-1-3-7-13)22-19-14-8-4-10-16(14)21-17-11-5-9-15(17)19;3-1(4)2(5)6/h13,20H,1-12H2,(H,21,22,23);(H,3,4)(H,5,6). The van der Waals surface area contributed by atoms with Crippen molar-refractivity contribution in [1.82, 2.24) is 10.3 Å². The lowest BCUT2D eigenvalue weighted by Gasteiger charge is -2.23. The van der Waals surface area contributed by atoms with Gasteiger partial charge >= 0.3 is 11.9 Å². The molecule has 29 heavy (non-hydrogen) atoms. The number of hydrogen-bond acceptors (Lipinski definition) is 5. The van der Waals surface area contributed by atoms with E-state index >= 15 is 0 Å². The van der Waals surface area contributed by atoms with E-state index < -0.39 is 11.9 Å². The minimum Gasteiger partial charge on any atom is -0.473 e. The van der Waals surface area contributed by atoms with Crippen LogP contribution in [0.3, 0.4) is 0 Å². The number of carboxylic acid groups (broad SMARTS) is 2. The lowest BCUT2D eigenvalue weighted by molar-refractivity contribution is -0.159. The topological polar surface area (TPSA) is 129 Å². The number of carbonyl (C=O) groups excluding carboxylic acids is 1. The first-order chi connectivity index (χ1) is 14.0. The van der Waals surface area contributed by atoms with E-state index in [9.17, 15) is 4.79 Å². The van der Waals surface area contributed by atoms with Gasteiger partial charge in [0, 0.05) is 17.4 Å². The monoisotopic (exact) mass is 403 g/mol. The van der Waals surface area contributed by atoms with Crippen LogP contribution in [0.15, 0.2) is 0 Å². The Kier molecular flexibility index (Phi) is 7.19. The fourth-order valence-electron chi connectivity index (χ4n) is 4.46. The van der Waals surface area contributed by atoms with Crippen molar-refractivity contribution in [3.05, 3.63) is 22.5 Å². The molecule has 3 aliphatic rings. The molecular weight excluding hydrogens is 374 g/mol. The molecule has 8 heteroatoms. The van der Waals surface area contributed by atoms with Crippen LogP contribution in [0.1, 0.15) is 67.5 Å². The van der Waals surface area contributed by atoms with Gasteiger partial charge in [-0.3, -0.25) is 9.78 Å². The molecule has 1 amide bonds. The predicted octanol–water partition coefficient (Wildman–Crippen LogP) is 2.08. The lowest BCUT2D eigenvalue weighted by atomic mass is 9.95. The zero-order chi connectivity index (χ0) is 20.8. The molecule has 0 unspecified atom stereocenters. The molecule has 1 aromatic rings. The van der Waals surface area contributed by atoms with E-state index in [4.69, 9.17) is 24.8 Å². The number of aliphatic carboxylic acids is 2. The molecule has 0 aromatic carbocycles. The van der Waals surface area contributed by atoms with Crippen molar-refractivity contribution in [2.24, 2.45) is 0 Å². The molecule has 1 fully saturated rings. The molecule has 0 atom stereocenters. The second-order valence-electron chi connectivity index (χ2n) is 7.92. The molecule has 3 aliphatic carbocycles. The second-order valence-corrected chi connectivity index (χ2v) is 7.92. The number of pyridine rings is 1.